The van der Waals surface area contributed by atoms with Gasteiger partial charge in [-0.25, -0.2) is 9.97 Å². The SMILES string of the molecule is CCCc1nc(NCC)cc(N2CCCC(C)(C)CC2)n1. The molecule has 0 amide bonds. The second-order valence-electron chi connectivity index (χ2n) is 6.81. The Morgan fingerprint density at radius 3 is 2.71 bits per heavy atom. The molecule has 0 bridgehead atoms. The Morgan fingerprint density at radius 1 is 1.19 bits per heavy atom. The summed E-state index contributed by atoms with van der Waals surface area (Å²) in [5.41, 5.74) is 0.457. The average Bonchev–Trinajstić information content (AvgIpc) is 2.60. The topological polar surface area (TPSA) is 41.1 Å². The van der Waals surface area contributed by atoms with Gasteiger partial charge in [0, 0.05) is 32.1 Å². The van der Waals surface area contributed by atoms with Crippen LogP contribution in [0, 0.1) is 5.41 Å². The standard InChI is InChI=1S/C17H30N4/c1-5-8-14-19-15(18-6-2)13-16(20-14)21-11-7-9-17(3,4)10-12-21/h13H,5-12H2,1-4H3,(H,18,19,20). The molecule has 2 heterocycles. The zero-order chi connectivity index (χ0) is 15.3. The van der Waals surface area contributed by atoms with Gasteiger partial charge in [-0.15, -0.1) is 0 Å². The van der Waals surface area contributed by atoms with Gasteiger partial charge in [-0.3, -0.25) is 0 Å². The lowest BCUT2D eigenvalue weighted by Gasteiger charge is -2.24. The number of anilines is 2. The minimum absolute atomic E-state index is 0.457. The van der Waals surface area contributed by atoms with E-state index in [0.29, 0.717) is 5.41 Å². The number of aromatic nitrogens is 2. The largest absolute Gasteiger partial charge is 0.370 e. The van der Waals surface area contributed by atoms with E-state index in [1.54, 1.807) is 0 Å². The minimum Gasteiger partial charge on any atom is -0.370 e. The molecule has 2 rings (SSSR count). The first-order valence-electron chi connectivity index (χ1n) is 8.41. The van der Waals surface area contributed by atoms with E-state index in [2.05, 4.69) is 49.0 Å². The molecule has 1 fully saturated rings. The summed E-state index contributed by atoms with van der Waals surface area (Å²) >= 11 is 0. The highest BCUT2D eigenvalue weighted by Gasteiger charge is 2.24. The monoisotopic (exact) mass is 290 g/mol. The van der Waals surface area contributed by atoms with Crippen molar-refractivity contribution in [2.24, 2.45) is 5.41 Å². The zero-order valence-electron chi connectivity index (χ0n) is 14.1. The fourth-order valence-electron chi connectivity index (χ4n) is 2.90. The molecule has 0 aliphatic carbocycles. The van der Waals surface area contributed by atoms with Crippen LogP contribution < -0.4 is 10.2 Å². The summed E-state index contributed by atoms with van der Waals surface area (Å²) in [6.45, 7) is 12.1. The second kappa shape index (κ2) is 7.10. The molecule has 0 radical (unpaired) electrons. The minimum atomic E-state index is 0.457. The Morgan fingerprint density at radius 2 is 2.00 bits per heavy atom. The lowest BCUT2D eigenvalue weighted by atomic mass is 9.85. The fourth-order valence-corrected chi connectivity index (χ4v) is 2.90. The number of aryl methyl sites for hydroxylation is 1. The molecular formula is C17H30N4. The van der Waals surface area contributed by atoms with E-state index in [-0.39, 0.29) is 0 Å². The molecule has 1 saturated heterocycles. The smallest absolute Gasteiger partial charge is 0.134 e. The predicted molar refractivity (Wildman–Crippen MR) is 90.0 cm³/mol. The molecular weight excluding hydrogens is 260 g/mol. The quantitative estimate of drug-likeness (QED) is 0.893. The molecule has 118 valence electrons. The zero-order valence-corrected chi connectivity index (χ0v) is 14.1. The Labute approximate surface area is 129 Å². The van der Waals surface area contributed by atoms with Crippen LogP contribution in [-0.2, 0) is 6.42 Å². The molecule has 1 aliphatic heterocycles. The third-order valence-corrected chi connectivity index (χ3v) is 4.25. The predicted octanol–water partition coefficient (Wildman–Crippen LogP) is 3.88. The van der Waals surface area contributed by atoms with Crippen LogP contribution in [0.25, 0.3) is 0 Å². The van der Waals surface area contributed by atoms with Gasteiger partial charge in [0.1, 0.15) is 17.5 Å². The molecule has 1 N–H and O–H groups in total. The first-order chi connectivity index (χ1) is 10.0. The molecule has 0 unspecified atom stereocenters. The van der Waals surface area contributed by atoms with Gasteiger partial charge in [-0.1, -0.05) is 20.8 Å². The number of nitrogens with zero attached hydrogens (tertiary/aromatic N) is 3. The van der Waals surface area contributed by atoms with Crippen LogP contribution in [0.15, 0.2) is 6.07 Å². The van der Waals surface area contributed by atoms with E-state index in [0.717, 1.165) is 49.9 Å². The summed E-state index contributed by atoms with van der Waals surface area (Å²) in [5, 5.41) is 3.34. The highest BCUT2D eigenvalue weighted by Crippen LogP contribution is 2.31. The highest BCUT2D eigenvalue weighted by atomic mass is 15.2. The first-order valence-corrected chi connectivity index (χ1v) is 8.41. The third-order valence-electron chi connectivity index (χ3n) is 4.25. The molecule has 0 saturated carbocycles. The highest BCUT2D eigenvalue weighted by molar-refractivity contribution is 5.49. The molecule has 21 heavy (non-hydrogen) atoms. The van der Waals surface area contributed by atoms with Crippen molar-refractivity contribution in [1.82, 2.24) is 9.97 Å². The van der Waals surface area contributed by atoms with Crippen molar-refractivity contribution in [1.29, 1.82) is 0 Å². The van der Waals surface area contributed by atoms with Gasteiger partial charge in [0.15, 0.2) is 0 Å². The van der Waals surface area contributed by atoms with E-state index in [9.17, 15) is 0 Å². The van der Waals surface area contributed by atoms with Gasteiger partial charge < -0.3 is 10.2 Å². The molecule has 0 aromatic carbocycles. The number of nitrogens with one attached hydrogen (secondary N) is 1. The summed E-state index contributed by atoms with van der Waals surface area (Å²) in [7, 11) is 0. The van der Waals surface area contributed by atoms with E-state index in [4.69, 9.17) is 4.98 Å². The van der Waals surface area contributed by atoms with Crippen LogP contribution in [0.4, 0.5) is 11.6 Å². The van der Waals surface area contributed by atoms with Crippen LogP contribution in [-0.4, -0.2) is 29.6 Å². The summed E-state index contributed by atoms with van der Waals surface area (Å²) in [6, 6.07) is 2.11. The van der Waals surface area contributed by atoms with Crippen molar-refractivity contribution < 1.29 is 0 Å². The number of hydrogen-bond acceptors (Lipinski definition) is 4. The van der Waals surface area contributed by atoms with Crippen molar-refractivity contribution >= 4 is 11.6 Å². The maximum absolute atomic E-state index is 4.79. The van der Waals surface area contributed by atoms with Crippen LogP contribution in [0.5, 0.6) is 0 Å². The Bertz CT molecular complexity index is 432. The summed E-state index contributed by atoms with van der Waals surface area (Å²) in [4.78, 5) is 11.8. The van der Waals surface area contributed by atoms with Gasteiger partial charge in [0.2, 0.25) is 0 Å². The van der Waals surface area contributed by atoms with E-state index >= 15 is 0 Å². The summed E-state index contributed by atoms with van der Waals surface area (Å²) in [5.74, 6) is 3.03. The van der Waals surface area contributed by atoms with Crippen LogP contribution in [0.3, 0.4) is 0 Å². The number of rotatable bonds is 5. The number of hydrogen-bond donors (Lipinski definition) is 1. The van der Waals surface area contributed by atoms with Gasteiger partial charge in [0.25, 0.3) is 0 Å². The Kier molecular flexibility index (Phi) is 5.43. The van der Waals surface area contributed by atoms with Crippen molar-refractivity contribution in [3.05, 3.63) is 11.9 Å². The lowest BCUT2D eigenvalue weighted by molar-refractivity contribution is 0.325. The fraction of sp³-hybridized carbons (Fsp3) is 0.765. The van der Waals surface area contributed by atoms with Crippen LogP contribution >= 0.6 is 0 Å². The maximum Gasteiger partial charge on any atom is 0.134 e. The Hall–Kier alpha value is -1.32. The van der Waals surface area contributed by atoms with Gasteiger partial charge in [-0.05, 0) is 38.0 Å². The third kappa shape index (κ3) is 4.58. The second-order valence-corrected chi connectivity index (χ2v) is 6.81. The van der Waals surface area contributed by atoms with Crippen molar-refractivity contribution in [2.75, 3.05) is 29.9 Å². The maximum atomic E-state index is 4.79. The molecule has 0 atom stereocenters. The van der Waals surface area contributed by atoms with Crippen molar-refractivity contribution in [3.63, 3.8) is 0 Å². The van der Waals surface area contributed by atoms with E-state index in [1.807, 2.05) is 0 Å². The molecule has 0 spiro atoms. The molecule has 4 nitrogen and oxygen atoms in total. The lowest BCUT2D eigenvalue weighted by Crippen LogP contribution is -2.26. The van der Waals surface area contributed by atoms with Crippen LogP contribution in [0.1, 0.15) is 59.2 Å². The summed E-state index contributed by atoms with van der Waals surface area (Å²) < 4.78 is 0. The van der Waals surface area contributed by atoms with Crippen molar-refractivity contribution in [3.8, 4) is 0 Å². The Balaban J connectivity index is 2.20. The molecule has 1 aromatic rings. The first kappa shape index (κ1) is 16.1. The van der Waals surface area contributed by atoms with E-state index < -0.39 is 0 Å². The van der Waals surface area contributed by atoms with Gasteiger partial charge >= 0.3 is 0 Å². The van der Waals surface area contributed by atoms with Gasteiger partial charge in [0.05, 0.1) is 0 Å². The van der Waals surface area contributed by atoms with Crippen molar-refractivity contribution in [2.45, 2.75) is 59.8 Å². The van der Waals surface area contributed by atoms with E-state index in [1.165, 1.54) is 19.3 Å². The average molecular weight is 290 g/mol. The van der Waals surface area contributed by atoms with Crippen LogP contribution in [0.2, 0.25) is 0 Å². The van der Waals surface area contributed by atoms with Gasteiger partial charge in [-0.2, -0.15) is 0 Å². The molecule has 1 aliphatic rings. The summed E-state index contributed by atoms with van der Waals surface area (Å²) in [6.07, 6.45) is 5.82. The molecule has 1 aromatic heterocycles. The molecule has 4 heteroatoms. The normalized spacial score (nSPS) is 18.4.